The molecule has 3 rings (SSSR count). The second kappa shape index (κ2) is 5.73. The van der Waals surface area contributed by atoms with Crippen LogP contribution in [0.1, 0.15) is 21.5 Å². The van der Waals surface area contributed by atoms with Crippen LogP contribution in [-0.4, -0.2) is 9.02 Å². The summed E-state index contributed by atoms with van der Waals surface area (Å²) in [5.41, 5.74) is 0.440. The fraction of sp³-hybridized carbons (Fsp3) is 0.133. The molecule has 0 unspecified atom stereocenters. The first-order valence-corrected chi connectivity index (χ1v) is 11.1. The van der Waals surface area contributed by atoms with Crippen LogP contribution in [0.3, 0.4) is 0 Å². The van der Waals surface area contributed by atoms with Gasteiger partial charge in [0.15, 0.2) is 0 Å². The van der Waals surface area contributed by atoms with Crippen molar-refractivity contribution in [3.63, 3.8) is 0 Å². The van der Waals surface area contributed by atoms with Crippen molar-refractivity contribution < 1.29 is 18.0 Å². The molecule has 116 valence electrons. The van der Waals surface area contributed by atoms with E-state index in [4.69, 9.17) is 8.91 Å². The van der Waals surface area contributed by atoms with Gasteiger partial charge in [-0.3, -0.25) is 0 Å². The molecule has 2 aromatic carbocycles. The summed E-state index contributed by atoms with van der Waals surface area (Å²) in [5.74, 6) is -0.284. The van der Waals surface area contributed by atoms with Crippen LogP contribution < -0.4 is 0 Å². The zero-order chi connectivity index (χ0) is 15.9. The monoisotopic (exact) mass is 439 g/mol. The molecule has 0 saturated carbocycles. The molecule has 7 heteroatoms. The van der Waals surface area contributed by atoms with Gasteiger partial charge in [0.05, 0.1) is 0 Å². The quantitative estimate of drug-likeness (QED) is 0.471. The topological polar surface area (TPSA) is 20.3 Å². The number of carbonyl (C=O) groups is 1. The molecule has 0 spiro atoms. The Hall–Kier alpha value is -1.28. The van der Waals surface area contributed by atoms with E-state index in [0.29, 0.717) is 15.7 Å². The number of amides is 1. The van der Waals surface area contributed by atoms with Crippen LogP contribution in [0.4, 0.5) is 13.2 Å². The van der Waals surface area contributed by atoms with Crippen molar-refractivity contribution in [3.8, 4) is 0 Å². The van der Waals surface area contributed by atoms with Gasteiger partial charge in [0.25, 0.3) is 0 Å². The van der Waals surface area contributed by atoms with Gasteiger partial charge >= 0.3 is 136 Å². The third kappa shape index (κ3) is 2.81. The number of fused-ring (bicyclic) bond motifs is 1. The molecular weight excluding hydrogens is 430 g/mol. The number of halogens is 5. The Morgan fingerprint density at radius 2 is 1.77 bits per heavy atom. The summed E-state index contributed by atoms with van der Waals surface area (Å²) >= 11 is -2.63. The van der Waals surface area contributed by atoms with Crippen LogP contribution in [0.2, 0.25) is 0 Å². The van der Waals surface area contributed by atoms with E-state index >= 15 is 0 Å². The van der Waals surface area contributed by atoms with E-state index in [9.17, 15) is 18.0 Å². The number of rotatable bonds is 2. The van der Waals surface area contributed by atoms with Crippen LogP contribution in [0.15, 0.2) is 48.5 Å². The molecule has 2 nitrogen and oxygen atoms in total. The molecule has 1 aliphatic rings. The number of hydrogen-bond donors (Lipinski definition) is 0. The van der Waals surface area contributed by atoms with Gasteiger partial charge in [-0.25, -0.2) is 0 Å². The van der Waals surface area contributed by atoms with Crippen molar-refractivity contribution in [2.45, 2.75) is 12.7 Å². The van der Waals surface area contributed by atoms with E-state index in [2.05, 4.69) is 0 Å². The number of nitrogens with zero attached hydrogens (tertiary/aromatic N) is 1. The minimum absolute atomic E-state index is 0.284. The zero-order valence-corrected chi connectivity index (χ0v) is 14.0. The summed E-state index contributed by atoms with van der Waals surface area (Å²) in [5, 5.41) is 0. The van der Waals surface area contributed by atoms with E-state index in [0.717, 1.165) is 17.7 Å². The number of alkyl halides is 3. The number of benzene rings is 2. The van der Waals surface area contributed by atoms with Crippen molar-refractivity contribution in [3.05, 3.63) is 68.8 Å². The third-order valence-corrected chi connectivity index (χ3v) is 8.98. The summed E-state index contributed by atoms with van der Waals surface area (Å²) in [6.45, 7) is 0.323. The number of hydrogen-bond acceptors (Lipinski definition) is 1. The Morgan fingerprint density at radius 1 is 1.09 bits per heavy atom. The molecule has 0 saturated heterocycles. The maximum absolute atomic E-state index is 12.8. The van der Waals surface area contributed by atoms with E-state index in [-0.39, 0.29) is 5.91 Å². The minimum atomic E-state index is -4.43. The molecular formula is C15H10ClF3INO. The predicted octanol–water partition coefficient (Wildman–Crippen LogP) is 5.11. The molecule has 22 heavy (non-hydrogen) atoms. The van der Waals surface area contributed by atoms with Crippen molar-refractivity contribution in [2.24, 2.45) is 0 Å². The van der Waals surface area contributed by atoms with E-state index in [1.165, 1.54) is 9.18 Å². The second-order valence-electron chi connectivity index (χ2n) is 4.72. The molecule has 2 aromatic rings. The molecule has 1 amide bonds. The Balaban J connectivity index is 1.93. The average molecular weight is 440 g/mol. The Morgan fingerprint density at radius 3 is 2.41 bits per heavy atom. The summed E-state index contributed by atoms with van der Waals surface area (Å²) in [4.78, 5) is 12.4. The molecule has 0 bridgehead atoms. The Labute approximate surface area is 136 Å². The van der Waals surface area contributed by atoms with E-state index in [1.807, 2.05) is 30.3 Å². The van der Waals surface area contributed by atoms with Crippen LogP contribution in [0.5, 0.6) is 0 Å². The normalized spacial score (nSPS) is 16.1. The first-order chi connectivity index (χ1) is 10.4. The summed E-state index contributed by atoms with van der Waals surface area (Å²) in [6, 6.07) is 12.5. The van der Waals surface area contributed by atoms with Gasteiger partial charge in [0.1, 0.15) is 0 Å². The molecule has 1 heterocycles. The van der Waals surface area contributed by atoms with Gasteiger partial charge < -0.3 is 0 Å². The van der Waals surface area contributed by atoms with Gasteiger partial charge in [0.2, 0.25) is 0 Å². The van der Waals surface area contributed by atoms with Crippen LogP contribution in [0.25, 0.3) is 0 Å². The maximum atomic E-state index is 12.8. The Bertz CT molecular complexity index is 720. The molecule has 0 aromatic heterocycles. The Kier molecular flexibility index (Phi) is 4.07. The molecule has 0 fully saturated rings. The molecule has 1 aliphatic heterocycles. The molecule has 0 atom stereocenters. The van der Waals surface area contributed by atoms with Crippen molar-refractivity contribution >= 4 is 33.8 Å². The van der Waals surface area contributed by atoms with Gasteiger partial charge in [-0.05, 0) is 0 Å². The average Bonchev–Trinajstić information content (AvgIpc) is 2.72. The summed E-state index contributed by atoms with van der Waals surface area (Å²) < 4.78 is 40.3. The first kappa shape index (κ1) is 15.6. The van der Waals surface area contributed by atoms with Crippen molar-refractivity contribution in [1.82, 2.24) is 3.11 Å². The van der Waals surface area contributed by atoms with Gasteiger partial charge in [0, 0.05) is 0 Å². The van der Waals surface area contributed by atoms with Gasteiger partial charge in [-0.15, -0.1) is 0 Å². The van der Waals surface area contributed by atoms with Gasteiger partial charge in [-0.1, -0.05) is 0 Å². The van der Waals surface area contributed by atoms with E-state index in [1.54, 1.807) is 0 Å². The molecule has 0 N–H and O–H groups in total. The summed E-state index contributed by atoms with van der Waals surface area (Å²) in [7, 11) is 6.37. The first-order valence-electron chi connectivity index (χ1n) is 6.31. The fourth-order valence-corrected chi connectivity index (χ4v) is 7.10. The van der Waals surface area contributed by atoms with Gasteiger partial charge in [-0.2, -0.15) is 0 Å². The standard InChI is InChI=1S/C15H10ClF3INO/c16-20-13-8-11(15(17,18)19)6-7-12(13)14(22)21(20)9-10-4-2-1-3-5-10/h1-8H,9H2. The fourth-order valence-electron chi connectivity index (χ4n) is 2.17. The predicted molar refractivity (Wildman–Crippen MR) is 86.3 cm³/mol. The SMILES string of the molecule is O=C1c2ccc(C(F)(F)F)cc2I(Cl)N1Cc1ccccc1. The van der Waals surface area contributed by atoms with Crippen LogP contribution >= 0.6 is 27.9 Å². The van der Waals surface area contributed by atoms with Crippen molar-refractivity contribution in [2.75, 3.05) is 0 Å². The molecule has 0 radical (unpaired) electrons. The molecule has 0 aliphatic carbocycles. The number of carbonyl (C=O) groups excluding carboxylic acids is 1. The van der Waals surface area contributed by atoms with Crippen LogP contribution in [-0.2, 0) is 12.7 Å². The zero-order valence-electron chi connectivity index (χ0n) is 11.1. The third-order valence-electron chi connectivity index (χ3n) is 3.26. The summed E-state index contributed by atoms with van der Waals surface area (Å²) in [6.07, 6.45) is -4.43. The second-order valence-corrected chi connectivity index (χ2v) is 10.1. The van der Waals surface area contributed by atoms with E-state index < -0.39 is 30.7 Å². The van der Waals surface area contributed by atoms with Crippen LogP contribution in [0, 0.1) is 3.57 Å². The van der Waals surface area contributed by atoms with Crippen molar-refractivity contribution in [1.29, 1.82) is 0 Å².